The Bertz CT molecular complexity index is 2500. The van der Waals surface area contributed by atoms with E-state index in [4.69, 9.17) is 10.3 Å². The summed E-state index contributed by atoms with van der Waals surface area (Å²) in [5.74, 6) is -0.608. The maximum atomic E-state index is 12.5. The fraction of sp³-hybridized carbons (Fsp3) is 0.0625. The van der Waals surface area contributed by atoms with E-state index in [2.05, 4.69) is 30.7 Å². The Balaban J connectivity index is 0.000000360. The van der Waals surface area contributed by atoms with Crippen LogP contribution in [0.5, 0.6) is 11.5 Å². The molecule has 6 rings (SSSR count). The van der Waals surface area contributed by atoms with Gasteiger partial charge in [0.1, 0.15) is 34.0 Å². The van der Waals surface area contributed by atoms with E-state index in [0.717, 1.165) is 36.4 Å². The van der Waals surface area contributed by atoms with Crippen LogP contribution in [0.15, 0.2) is 137 Å². The number of phenols is 2. The molecule has 0 saturated heterocycles. The minimum Gasteiger partial charge on any atom is -0.506 e. The van der Waals surface area contributed by atoms with Gasteiger partial charge in [-0.2, -0.15) is 10.2 Å². The first-order valence-corrected chi connectivity index (χ1v) is 17.8. The molecule has 0 fully saturated rings. The Labute approximate surface area is 368 Å². The van der Waals surface area contributed by atoms with Crippen molar-refractivity contribution in [3.63, 3.8) is 0 Å². The van der Waals surface area contributed by atoms with Crippen molar-refractivity contribution in [2.45, 2.75) is 23.6 Å². The predicted molar refractivity (Wildman–Crippen MR) is 188 cm³/mol. The predicted octanol–water partition coefficient (Wildman–Crippen LogP) is -1.94. The number of benzene rings is 4. The first-order chi connectivity index (χ1) is 24.5. The third-order valence-electron chi connectivity index (χ3n) is 7.04. The number of hydrogen-bond donors (Lipinski definition) is 4. The molecule has 2 aromatic heterocycles. The van der Waals surface area contributed by atoms with Gasteiger partial charge in [0.05, 0.1) is 21.2 Å². The number of aromatic hydroxyl groups is 2. The number of primary sulfonamides is 2. The molecule has 0 atom stereocenters. The van der Waals surface area contributed by atoms with Crippen molar-refractivity contribution in [3.8, 4) is 22.9 Å². The number of hydrogen-bond acceptors (Lipinski definition) is 14. The van der Waals surface area contributed by atoms with Gasteiger partial charge in [0.15, 0.2) is 0 Å². The summed E-state index contributed by atoms with van der Waals surface area (Å²) in [6, 6.07) is 24.2. The second kappa shape index (κ2) is 19.8. The molecule has 0 unspecified atom stereocenters. The molecule has 0 saturated carbocycles. The van der Waals surface area contributed by atoms with Gasteiger partial charge in [0.2, 0.25) is 20.0 Å². The summed E-state index contributed by atoms with van der Waals surface area (Å²) < 4.78 is 48.0. The van der Waals surface area contributed by atoms with E-state index in [1.807, 2.05) is 12.1 Å². The van der Waals surface area contributed by atoms with E-state index in [1.165, 1.54) is 9.36 Å². The number of aromatic nitrogens is 4. The molecule has 0 aliphatic heterocycles. The zero-order valence-corrected chi connectivity index (χ0v) is 36.1. The van der Waals surface area contributed by atoms with Crippen molar-refractivity contribution in [1.82, 2.24) is 19.6 Å². The van der Waals surface area contributed by atoms with E-state index >= 15 is 0 Å². The molecule has 2 heterocycles. The van der Waals surface area contributed by atoms with Crippen LogP contribution in [0, 0.1) is 13.8 Å². The van der Waals surface area contributed by atoms with Crippen LogP contribution in [0.25, 0.3) is 11.4 Å². The molecule has 0 spiro atoms. The summed E-state index contributed by atoms with van der Waals surface area (Å²) in [6.45, 7) is 3.19. The molecular weight excluding hydrogens is 821 g/mol. The minimum absolute atomic E-state index is 0. The maximum Gasteiger partial charge on any atom is 1.00 e. The number of aryl methyl sites for hydroxylation is 2. The molecule has 6 aromatic rings. The average Bonchev–Trinajstić information content (AvgIpc) is 3.56. The molecule has 18 nitrogen and oxygen atoms in total. The molecule has 55 heavy (non-hydrogen) atoms. The van der Waals surface area contributed by atoms with Crippen LogP contribution >= 0.6 is 0 Å². The van der Waals surface area contributed by atoms with Crippen LogP contribution in [-0.4, -0.2) is 46.6 Å². The molecule has 6 N–H and O–H groups in total. The van der Waals surface area contributed by atoms with Crippen LogP contribution in [0.1, 0.15) is 11.4 Å². The maximum absolute atomic E-state index is 12.5. The molecule has 0 bridgehead atoms. The summed E-state index contributed by atoms with van der Waals surface area (Å²) in [5.41, 5.74) is 0.532. The van der Waals surface area contributed by atoms with Gasteiger partial charge in [0, 0.05) is 16.8 Å². The van der Waals surface area contributed by atoms with Gasteiger partial charge in [-0.25, -0.2) is 46.7 Å². The summed E-state index contributed by atoms with van der Waals surface area (Å²) in [6.07, 6.45) is 0. The van der Waals surface area contributed by atoms with Crippen molar-refractivity contribution in [2.24, 2.45) is 30.7 Å². The third kappa shape index (κ3) is 11.5. The van der Waals surface area contributed by atoms with Crippen molar-refractivity contribution in [3.05, 3.63) is 129 Å². The molecule has 1 radical (unpaired) electrons. The normalized spacial score (nSPS) is 11.3. The molecular formula is C32H28CoN10Na2O8S2. The standard InChI is InChI=1S/2C16H14N5O4S.Co.2Na/c2*1-10-15(16(23)21(20-10)11-5-3-2-4-6-11)19-18-13-9-12(26(17,24)25)7-8-14(13)22;;;/h2*2-9,22H,1H3,(H2,17,24,25);;;/q2*-1;;2*+1. The van der Waals surface area contributed by atoms with Crippen molar-refractivity contribution < 1.29 is 103 Å². The van der Waals surface area contributed by atoms with Crippen molar-refractivity contribution >= 4 is 42.8 Å². The van der Waals surface area contributed by atoms with Gasteiger partial charge in [-0.05, 0) is 60.7 Å². The van der Waals surface area contributed by atoms with Gasteiger partial charge < -0.3 is 30.0 Å². The Hall–Kier alpha value is -3.97. The SMILES string of the molecule is Cc1nn(-c2ccccc2)c(=O)[c-]1N=Nc1cc(S(N)(=O)=O)ccc1O.Cc1nn(-c2ccccc2)c(=O)[c-]1N=Nc1cc(S(N)(=O)=O)ccc1O.[Co].[Na+].[Na+]. The van der Waals surface area contributed by atoms with Crippen LogP contribution in [0.2, 0.25) is 0 Å². The Morgan fingerprint density at radius 1 is 0.600 bits per heavy atom. The Morgan fingerprint density at radius 2 is 0.927 bits per heavy atom. The number of rotatable bonds is 8. The van der Waals surface area contributed by atoms with Crippen molar-refractivity contribution in [2.75, 3.05) is 0 Å². The largest absolute Gasteiger partial charge is 1.00 e. The first-order valence-electron chi connectivity index (χ1n) is 14.7. The number of nitrogens with two attached hydrogens (primary N) is 2. The minimum atomic E-state index is -3.96. The van der Waals surface area contributed by atoms with Crippen LogP contribution in [0.4, 0.5) is 22.7 Å². The quantitative estimate of drug-likeness (QED) is 0.0747. The zero-order chi connectivity index (χ0) is 37.8. The van der Waals surface area contributed by atoms with E-state index in [0.29, 0.717) is 22.8 Å². The monoisotopic (exact) mass is 849 g/mol. The van der Waals surface area contributed by atoms with E-state index in [-0.39, 0.29) is 120 Å². The number of phenolic OH excluding ortho intramolecular Hbond substituents is 2. The average molecular weight is 850 g/mol. The Morgan fingerprint density at radius 3 is 1.24 bits per heavy atom. The molecule has 4 aromatic carbocycles. The molecule has 0 amide bonds. The van der Waals surface area contributed by atoms with Crippen molar-refractivity contribution in [1.29, 1.82) is 0 Å². The summed E-state index contributed by atoms with van der Waals surface area (Å²) in [5, 5.41) is 53.3. The zero-order valence-electron chi connectivity index (χ0n) is 29.5. The van der Waals surface area contributed by atoms with E-state index < -0.39 is 31.2 Å². The summed E-state index contributed by atoms with van der Waals surface area (Å²) in [7, 11) is -7.93. The Kier molecular flexibility index (Phi) is 16.9. The summed E-state index contributed by atoms with van der Waals surface area (Å²) >= 11 is 0. The van der Waals surface area contributed by atoms with Gasteiger partial charge >= 0.3 is 59.1 Å². The number of sulfonamides is 2. The number of nitrogens with zero attached hydrogens (tertiary/aromatic N) is 8. The fourth-order valence-electron chi connectivity index (χ4n) is 4.44. The molecule has 23 heteroatoms. The fourth-order valence-corrected chi connectivity index (χ4v) is 5.51. The molecule has 0 aliphatic carbocycles. The number of para-hydroxylation sites is 2. The second-order valence-electron chi connectivity index (χ2n) is 10.8. The van der Waals surface area contributed by atoms with Gasteiger partial charge in [0.25, 0.3) is 0 Å². The van der Waals surface area contributed by atoms with Gasteiger partial charge in [-0.15, -0.1) is 11.4 Å². The topological polar surface area (TPSA) is 280 Å². The van der Waals surface area contributed by atoms with Crippen LogP contribution in [-0.2, 0) is 36.8 Å². The van der Waals surface area contributed by atoms with Crippen LogP contribution < -0.4 is 80.5 Å². The van der Waals surface area contributed by atoms with Gasteiger partial charge in [-0.3, -0.25) is 0 Å². The number of azo groups is 2. The molecule has 277 valence electrons. The summed E-state index contributed by atoms with van der Waals surface area (Å²) in [4.78, 5) is 24.5. The second-order valence-corrected chi connectivity index (χ2v) is 13.9. The molecule has 0 aliphatic rings. The third-order valence-corrected chi connectivity index (χ3v) is 8.87. The first kappa shape index (κ1) is 47.2. The van der Waals surface area contributed by atoms with Crippen LogP contribution in [0.3, 0.4) is 0 Å². The van der Waals surface area contributed by atoms with Gasteiger partial charge in [-0.1, -0.05) is 61.6 Å². The van der Waals surface area contributed by atoms with E-state index in [9.17, 15) is 36.6 Å². The van der Waals surface area contributed by atoms with E-state index in [1.54, 1.807) is 62.4 Å². The smallest absolute Gasteiger partial charge is 0.506 e.